The molecule has 4 rings (SSSR count). The van der Waals surface area contributed by atoms with E-state index in [9.17, 15) is 12.8 Å². The summed E-state index contributed by atoms with van der Waals surface area (Å²) in [6.45, 7) is 3.76. The number of piperazine rings is 1. The van der Waals surface area contributed by atoms with Crippen LogP contribution in [0.25, 0.3) is 10.9 Å². The second kappa shape index (κ2) is 9.09. The second-order valence-electron chi connectivity index (χ2n) is 8.20. The quantitative estimate of drug-likeness (QED) is 0.587. The molecule has 9 heteroatoms. The highest BCUT2D eigenvalue weighted by atomic mass is 32.2. The minimum absolute atomic E-state index is 0.246. The lowest BCUT2D eigenvalue weighted by Gasteiger charge is -2.35. The van der Waals surface area contributed by atoms with Crippen LogP contribution in [0.3, 0.4) is 0 Å². The van der Waals surface area contributed by atoms with Gasteiger partial charge in [-0.05, 0) is 55.4 Å². The lowest BCUT2D eigenvalue weighted by molar-refractivity contribution is 0.311. The van der Waals surface area contributed by atoms with Gasteiger partial charge in [0.1, 0.15) is 11.6 Å². The van der Waals surface area contributed by atoms with Crippen molar-refractivity contribution in [3.05, 3.63) is 54.0 Å². The molecular weight excluding hydrogens is 431 g/mol. The fourth-order valence-corrected chi connectivity index (χ4v) is 5.26. The summed E-state index contributed by atoms with van der Waals surface area (Å²) in [6, 6.07) is 9.61. The van der Waals surface area contributed by atoms with Gasteiger partial charge in [-0.15, -0.1) is 0 Å². The number of sulfonamides is 1. The molecule has 0 radical (unpaired) electrons. The summed E-state index contributed by atoms with van der Waals surface area (Å²) in [5, 5.41) is 0.902. The molecule has 0 bridgehead atoms. The van der Waals surface area contributed by atoms with Gasteiger partial charge >= 0.3 is 0 Å². The van der Waals surface area contributed by atoms with Gasteiger partial charge < -0.3 is 19.5 Å². The van der Waals surface area contributed by atoms with E-state index in [2.05, 4.69) is 21.8 Å². The standard InChI is InChI=1S/C23H29FN4O3S/c1-26-10-12-28(13-11-26)22-15-19(5-7-23(22)31-3)32(29,30)27(2)9-8-17-16-25-21-14-18(24)4-6-20(17)21/h4-7,14-16,25H,8-13H2,1-3H3. The van der Waals surface area contributed by atoms with Crippen molar-refractivity contribution in [2.24, 2.45) is 0 Å². The number of nitrogens with zero attached hydrogens (tertiary/aromatic N) is 3. The molecule has 1 aliphatic rings. The SMILES string of the molecule is COc1ccc(S(=O)(=O)N(C)CCc2c[nH]c3cc(F)ccc23)cc1N1CCN(C)CC1. The minimum atomic E-state index is -3.68. The van der Waals surface area contributed by atoms with E-state index in [1.165, 1.54) is 16.4 Å². The Morgan fingerprint density at radius 2 is 1.88 bits per heavy atom. The van der Waals surface area contributed by atoms with Gasteiger partial charge in [0, 0.05) is 56.9 Å². The number of halogens is 1. The van der Waals surface area contributed by atoms with Crippen molar-refractivity contribution in [1.82, 2.24) is 14.2 Å². The van der Waals surface area contributed by atoms with Crippen molar-refractivity contribution in [1.29, 1.82) is 0 Å². The summed E-state index contributed by atoms with van der Waals surface area (Å²) < 4.78 is 46.9. The average molecular weight is 461 g/mol. The van der Waals surface area contributed by atoms with E-state index in [0.717, 1.165) is 42.8 Å². The smallest absolute Gasteiger partial charge is 0.242 e. The second-order valence-corrected chi connectivity index (χ2v) is 10.2. The summed E-state index contributed by atoms with van der Waals surface area (Å²) in [5.41, 5.74) is 2.46. The van der Waals surface area contributed by atoms with E-state index in [1.54, 1.807) is 38.4 Å². The van der Waals surface area contributed by atoms with Gasteiger partial charge in [-0.25, -0.2) is 17.1 Å². The zero-order chi connectivity index (χ0) is 22.9. The minimum Gasteiger partial charge on any atom is -0.495 e. The highest BCUT2D eigenvalue weighted by molar-refractivity contribution is 7.89. The van der Waals surface area contributed by atoms with E-state index < -0.39 is 10.0 Å². The first kappa shape index (κ1) is 22.6. The Labute approximate surface area is 188 Å². The first-order chi connectivity index (χ1) is 15.3. The largest absolute Gasteiger partial charge is 0.495 e. The third-order valence-corrected chi connectivity index (χ3v) is 7.98. The van der Waals surface area contributed by atoms with Crippen molar-refractivity contribution < 1.29 is 17.5 Å². The van der Waals surface area contributed by atoms with E-state index in [-0.39, 0.29) is 10.7 Å². The fraction of sp³-hybridized carbons (Fsp3) is 0.391. The third-order valence-electron chi connectivity index (χ3n) is 6.13. The number of benzene rings is 2. The Balaban J connectivity index is 1.53. The van der Waals surface area contributed by atoms with Crippen LogP contribution in [0.2, 0.25) is 0 Å². The van der Waals surface area contributed by atoms with Gasteiger partial charge in [-0.3, -0.25) is 0 Å². The lowest BCUT2D eigenvalue weighted by atomic mass is 10.1. The van der Waals surface area contributed by atoms with Crippen LogP contribution in [0.5, 0.6) is 5.75 Å². The number of fused-ring (bicyclic) bond motifs is 1. The number of hydrogen-bond donors (Lipinski definition) is 1. The molecule has 1 aromatic heterocycles. The first-order valence-electron chi connectivity index (χ1n) is 10.6. The number of hydrogen-bond acceptors (Lipinski definition) is 5. The fourth-order valence-electron chi connectivity index (χ4n) is 4.07. The van der Waals surface area contributed by atoms with E-state index in [0.29, 0.717) is 24.2 Å². The maximum atomic E-state index is 13.4. The average Bonchev–Trinajstić information content (AvgIpc) is 3.19. The number of aromatic amines is 1. The number of nitrogens with one attached hydrogen (secondary N) is 1. The lowest BCUT2D eigenvalue weighted by Crippen LogP contribution is -2.44. The summed E-state index contributed by atoms with van der Waals surface area (Å²) in [5.74, 6) is 0.364. The van der Waals surface area contributed by atoms with Gasteiger partial charge in [-0.2, -0.15) is 0 Å². The van der Waals surface area contributed by atoms with Crippen LogP contribution < -0.4 is 9.64 Å². The molecule has 2 aromatic carbocycles. The van der Waals surface area contributed by atoms with Gasteiger partial charge in [0.15, 0.2) is 0 Å². The number of anilines is 1. The molecule has 7 nitrogen and oxygen atoms in total. The Bertz CT molecular complexity index is 1200. The number of methoxy groups -OCH3 is 1. The van der Waals surface area contributed by atoms with Crippen LogP contribution in [-0.2, 0) is 16.4 Å². The molecule has 0 spiro atoms. The maximum Gasteiger partial charge on any atom is 0.242 e. The molecule has 0 aliphatic carbocycles. The van der Waals surface area contributed by atoms with Crippen LogP contribution >= 0.6 is 0 Å². The van der Waals surface area contributed by atoms with Crippen molar-refractivity contribution in [3.8, 4) is 5.75 Å². The van der Waals surface area contributed by atoms with Crippen molar-refractivity contribution in [2.75, 3.05) is 58.8 Å². The summed E-state index contributed by atoms with van der Waals surface area (Å²) in [6.07, 6.45) is 2.33. The highest BCUT2D eigenvalue weighted by Crippen LogP contribution is 2.32. The molecule has 0 amide bonds. The van der Waals surface area contributed by atoms with Gasteiger partial charge in [0.05, 0.1) is 17.7 Å². The number of aromatic nitrogens is 1. The zero-order valence-electron chi connectivity index (χ0n) is 18.6. The van der Waals surface area contributed by atoms with E-state index >= 15 is 0 Å². The first-order valence-corrected chi connectivity index (χ1v) is 12.1. The molecule has 32 heavy (non-hydrogen) atoms. The van der Waals surface area contributed by atoms with Crippen molar-refractivity contribution in [2.45, 2.75) is 11.3 Å². The molecule has 1 saturated heterocycles. The summed E-state index contributed by atoms with van der Waals surface area (Å²) >= 11 is 0. The Hall–Kier alpha value is -2.62. The normalized spacial score (nSPS) is 15.6. The zero-order valence-corrected chi connectivity index (χ0v) is 19.5. The van der Waals surface area contributed by atoms with E-state index in [4.69, 9.17) is 4.74 Å². The Morgan fingerprint density at radius 1 is 1.12 bits per heavy atom. The van der Waals surface area contributed by atoms with Crippen LogP contribution in [0, 0.1) is 5.82 Å². The third kappa shape index (κ3) is 4.46. The Morgan fingerprint density at radius 3 is 2.59 bits per heavy atom. The van der Waals surface area contributed by atoms with E-state index in [1.807, 2.05) is 6.20 Å². The molecular formula is C23H29FN4O3S. The molecule has 0 saturated carbocycles. The summed E-state index contributed by atoms with van der Waals surface area (Å²) in [4.78, 5) is 7.71. The van der Waals surface area contributed by atoms with Crippen molar-refractivity contribution >= 4 is 26.6 Å². The van der Waals surface area contributed by atoms with Gasteiger partial charge in [0.25, 0.3) is 0 Å². The highest BCUT2D eigenvalue weighted by Gasteiger charge is 2.25. The molecule has 2 heterocycles. The number of ether oxygens (including phenoxy) is 1. The van der Waals surface area contributed by atoms with Crippen LogP contribution in [0.4, 0.5) is 10.1 Å². The molecule has 3 aromatic rings. The van der Waals surface area contributed by atoms with Gasteiger partial charge in [0.2, 0.25) is 10.0 Å². The number of rotatable bonds is 7. The monoisotopic (exact) mass is 460 g/mol. The molecule has 1 fully saturated rings. The topological polar surface area (TPSA) is 68.9 Å². The van der Waals surface area contributed by atoms with Crippen LogP contribution in [0.15, 0.2) is 47.5 Å². The molecule has 0 atom stereocenters. The predicted octanol–water partition coefficient (Wildman–Crippen LogP) is 2.93. The predicted molar refractivity (Wildman–Crippen MR) is 124 cm³/mol. The summed E-state index contributed by atoms with van der Waals surface area (Å²) in [7, 11) is 1.59. The Kier molecular flexibility index (Phi) is 6.41. The van der Waals surface area contributed by atoms with Crippen LogP contribution in [-0.4, -0.2) is 76.5 Å². The number of likely N-dealkylation sites (N-methyl/N-ethyl adjacent to an activating group) is 2. The van der Waals surface area contributed by atoms with Crippen molar-refractivity contribution in [3.63, 3.8) is 0 Å². The maximum absolute atomic E-state index is 13.4. The molecule has 0 unspecified atom stereocenters. The van der Waals surface area contributed by atoms with Gasteiger partial charge in [-0.1, -0.05) is 0 Å². The molecule has 172 valence electrons. The van der Waals surface area contributed by atoms with Crippen LogP contribution in [0.1, 0.15) is 5.56 Å². The molecule has 1 aliphatic heterocycles. The molecule has 1 N–H and O–H groups in total. The number of H-pyrrole nitrogens is 1.